The lowest BCUT2D eigenvalue weighted by atomic mass is 10.1. The summed E-state index contributed by atoms with van der Waals surface area (Å²) in [6.07, 6.45) is 1.01. The number of benzene rings is 2. The van der Waals surface area contributed by atoms with Gasteiger partial charge in [0.25, 0.3) is 0 Å². The highest BCUT2D eigenvalue weighted by Gasteiger charge is 2.28. The van der Waals surface area contributed by atoms with Crippen LogP contribution in [0.3, 0.4) is 0 Å². The van der Waals surface area contributed by atoms with Gasteiger partial charge in [-0.05, 0) is 36.2 Å². The smallest absolute Gasteiger partial charge is 0.243 e. The van der Waals surface area contributed by atoms with Crippen molar-refractivity contribution in [2.75, 3.05) is 31.1 Å². The third-order valence-electron chi connectivity index (χ3n) is 5.25. The van der Waals surface area contributed by atoms with Gasteiger partial charge in [-0.3, -0.25) is 0 Å². The maximum Gasteiger partial charge on any atom is 0.243 e. The SMILES string of the molecule is CCc1ccc(-c2ccc(N3CCN(S(=O)(=O)c4ccccc4)CC3)nn2)cc1. The lowest BCUT2D eigenvalue weighted by molar-refractivity contribution is 0.383. The van der Waals surface area contributed by atoms with Crippen LogP contribution >= 0.6 is 0 Å². The minimum Gasteiger partial charge on any atom is -0.352 e. The van der Waals surface area contributed by atoms with E-state index in [1.165, 1.54) is 9.87 Å². The molecule has 150 valence electrons. The topological polar surface area (TPSA) is 66.4 Å². The van der Waals surface area contributed by atoms with Gasteiger partial charge < -0.3 is 4.90 Å². The van der Waals surface area contributed by atoms with E-state index in [2.05, 4.69) is 46.3 Å². The number of sulfonamides is 1. The van der Waals surface area contributed by atoms with Crippen molar-refractivity contribution in [3.05, 3.63) is 72.3 Å². The van der Waals surface area contributed by atoms with Crippen LogP contribution in [-0.2, 0) is 16.4 Å². The molecule has 0 saturated carbocycles. The van der Waals surface area contributed by atoms with Crippen LogP contribution in [0.4, 0.5) is 5.82 Å². The van der Waals surface area contributed by atoms with Gasteiger partial charge >= 0.3 is 0 Å². The van der Waals surface area contributed by atoms with E-state index in [0.717, 1.165) is 23.5 Å². The van der Waals surface area contributed by atoms with E-state index in [1.807, 2.05) is 18.2 Å². The first-order valence-corrected chi connectivity index (χ1v) is 11.2. The largest absolute Gasteiger partial charge is 0.352 e. The van der Waals surface area contributed by atoms with Gasteiger partial charge in [0.2, 0.25) is 10.0 Å². The van der Waals surface area contributed by atoms with Gasteiger partial charge in [0, 0.05) is 31.7 Å². The third kappa shape index (κ3) is 4.16. The molecule has 29 heavy (non-hydrogen) atoms. The first-order valence-electron chi connectivity index (χ1n) is 9.81. The number of nitrogens with zero attached hydrogens (tertiary/aromatic N) is 4. The number of hydrogen-bond donors (Lipinski definition) is 0. The molecule has 6 nitrogen and oxygen atoms in total. The van der Waals surface area contributed by atoms with Crippen molar-refractivity contribution in [2.45, 2.75) is 18.2 Å². The van der Waals surface area contributed by atoms with Crippen LogP contribution in [0, 0.1) is 0 Å². The fraction of sp³-hybridized carbons (Fsp3) is 0.273. The first-order chi connectivity index (χ1) is 14.1. The van der Waals surface area contributed by atoms with Gasteiger partial charge in [0.15, 0.2) is 5.82 Å². The second-order valence-corrected chi connectivity index (χ2v) is 8.97. The molecule has 1 aliphatic rings. The second-order valence-electron chi connectivity index (χ2n) is 7.03. The van der Waals surface area contributed by atoms with E-state index in [1.54, 1.807) is 24.3 Å². The fourth-order valence-electron chi connectivity index (χ4n) is 3.46. The average molecular weight is 409 g/mol. The summed E-state index contributed by atoms with van der Waals surface area (Å²) in [4.78, 5) is 2.42. The highest BCUT2D eigenvalue weighted by molar-refractivity contribution is 7.89. The Balaban J connectivity index is 1.42. The minimum atomic E-state index is -3.45. The summed E-state index contributed by atoms with van der Waals surface area (Å²) in [6, 6.07) is 20.9. The van der Waals surface area contributed by atoms with Crippen molar-refractivity contribution in [3.63, 3.8) is 0 Å². The molecular formula is C22H24N4O2S. The Morgan fingerprint density at radius 2 is 1.52 bits per heavy atom. The molecule has 0 N–H and O–H groups in total. The molecule has 0 aliphatic carbocycles. The zero-order chi connectivity index (χ0) is 20.3. The van der Waals surface area contributed by atoms with Crippen LogP contribution in [0.25, 0.3) is 11.3 Å². The number of aromatic nitrogens is 2. The molecule has 3 aromatic rings. The van der Waals surface area contributed by atoms with Crippen molar-refractivity contribution < 1.29 is 8.42 Å². The Labute approximate surface area is 171 Å². The van der Waals surface area contributed by atoms with Crippen LogP contribution in [0.2, 0.25) is 0 Å². The summed E-state index contributed by atoms with van der Waals surface area (Å²) in [7, 11) is -3.45. The predicted octanol–water partition coefficient (Wildman–Crippen LogP) is 3.22. The second kappa shape index (κ2) is 8.31. The van der Waals surface area contributed by atoms with Crippen molar-refractivity contribution >= 4 is 15.8 Å². The quantitative estimate of drug-likeness (QED) is 0.649. The predicted molar refractivity (Wildman–Crippen MR) is 114 cm³/mol. The van der Waals surface area contributed by atoms with Crippen molar-refractivity contribution in [3.8, 4) is 11.3 Å². The molecule has 0 spiro atoms. The third-order valence-corrected chi connectivity index (χ3v) is 7.16. The van der Waals surface area contributed by atoms with Gasteiger partial charge in [-0.2, -0.15) is 4.31 Å². The summed E-state index contributed by atoms with van der Waals surface area (Å²) in [5.74, 6) is 0.774. The van der Waals surface area contributed by atoms with Crippen LogP contribution in [0.15, 0.2) is 71.6 Å². The molecule has 0 radical (unpaired) electrons. The Hall–Kier alpha value is -2.77. The number of aryl methyl sites for hydroxylation is 1. The maximum atomic E-state index is 12.8. The average Bonchev–Trinajstić information content (AvgIpc) is 2.80. The van der Waals surface area contributed by atoms with Gasteiger partial charge in [0.05, 0.1) is 10.6 Å². The molecule has 7 heteroatoms. The fourth-order valence-corrected chi connectivity index (χ4v) is 4.90. The molecule has 0 amide bonds. The van der Waals surface area contributed by atoms with Crippen molar-refractivity contribution in [1.82, 2.24) is 14.5 Å². The van der Waals surface area contributed by atoms with Crippen LogP contribution in [-0.4, -0.2) is 49.1 Å². The Kier molecular flexibility index (Phi) is 5.60. The van der Waals surface area contributed by atoms with E-state index >= 15 is 0 Å². The minimum absolute atomic E-state index is 0.340. The molecule has 4 rings (SSSR count). The van der Waals surface area contributed by atoms with Crippen LogP contribution in [0.1, 0.15) is 12.5 Å². The summed E-state index contributed by atoms with van der Waals surface area (Å²) >= 11 is 0. The molecule has 1 saturated heterocycles. The Morgan fingerprint density at radius 3 is 2.10 bits per heavy atom. The number of piperazine rings is 1. The van der Waals surface area contributed by atoms with Gasteiger partial charge in [-0.15, -0.1) is 10.2 Å². The van der Waals surface area contributed by atoms with Gasteiger partial charge in [-0.25, -0.2) is 8.42 Å². The molecule has 1 aromatic heterocycles. The summed E-state index contributed by atoms with van der Waals surface area (Å²) < 4.78 is 27.1. The normalized spacial score (nSPS) is 15.4. The molecule has 1 aliphatic heterocycles. The van der Waals surface area contributed by atoms with E-state index in [9.17, 15) is 8.42 Å². The zero-order valence-electron chi connectivity index (χ0n) is 16.4. The number of anilines is 1. The summed E-state index contributed by atoms with van der Waals surface area (Å²) in [5.41, 5.74) is 3.17. The van der Waals surface area contributed by atoms with Gasteiger partial charge in [-0.1, -0.05) is 49.4 Å². The molecule has 2 heterocycles. The van der Waals surface area contributed by atoms with E-state index in [0.29, 0.717) is 31.1 Å². The van der Waals surface area contributed by atoms with Crippen molar-refractivity contribution in [2.24, 2.45) is 0 Å². The zero-order valence-corrected chi connectivity index (χ0v) is 17.2. The molecule has 1 fully saturated rings. The molecule has 2 aromatic carbocycles. The van der Waals surface area contributed by atoms with Crippen LogP contribution < -0.4 is 4.90 Å². The Morgan fingerprint density at radius 1 is 0.828 bits per heavy atom. The molecular weight excluding hydrogens is 384 g/mol. The monoisotopic (exact) mass is 408 g/mol. The number of rotatable bonds is 5. The first kappa shape index (κ1) is 19.5. The standard InChI is InChI=1S/C22H24N4O2S/c1-2-18-8-10-19(11-9-18)21-12-13-22(24-23-21)25-14-16-26(17-15-25)29(27,28)20-6-4-3-5-7-20/h3-13H,2,14-17H2,1H3. The highest BCUT2D eigenvalue weighted by atomic mass is 32.2. The maximum absolute atomic E-state index is 12.8. The lowest BCUT2D eigenvalue weighted by Crippen LogP contribution is -2.48. The molecule has 0 unspecified atom stereocenters. The number of hydrogen-bond acceptors (Lipinski definition) is 5. The Bertz CT molecular complexity index is 1040. The molecule has 0 atom stereocenters. The lowest BCUT2D eigenvalue weighted by Gasteiger charge is -2.34. The van der Waals surface area contributed by atoms with Crippen LogP contribution in [0.5, 0.6) is 0 Å². The summed E-state index contributed by atoms with van der Waals surface area (Å²) in [5, 5.41) is 8.75. The highest BCUT2D eigenvalue weighted by Crippen LogP contribution is 2.22. The van der Waals surface area contributed by atoms with Gasteiger partial charge in [0.1, 0.15) is 0 Å². The van der Waals surface area contributed by atoms with Crippen molar-refractivity contribution in [1.29, 1.82) is 0 Å². The van der Waals surface area contributed by atoms with E-state index in [4.69, 9.17) is 0 Å². The summed E-state index contributed by atoms with van der Waals surface area (Å²) in [6.45, 7) is 4.17. The van der Waals surface area contributed by atoms with E-state index < -0.39 is 10.0 Å². The molecule has 0 bridgehead atoms. The van der Waals surface area contributed by atoms with E-state index in [-0.39, 0.29) is 0 Å².